The Hall–Kier alpha value is -3.48. The molecule has 3 aromatic rings. The second-order valence-electron chi connectivity index (χ2n) is 5.74. The van der Waals surface area contributed by atoms with Crippen LogP contribution in [0.4, 0.5) is 14.5 Å². The maximum absolute atomic E-state index is 13.6. The lowest BCUT2D eigenvalue weighted by atomic mass is 10.1. The van der Waals surface area contributed by atoms with Gasteiger partial charge in [-0.25, -0.2) is 8.78 Å². The molecule has 2 aromatic carbocycles. The van der Waals surface area contributed by atoms with Gasteiger partial charge in [-0.05, 0) is 30.3 Å². The van der Waals surface area contributed by atoms with E-state index in [1.54, 1.807) is 36.5 Å². The lowest BCUT2D eigenvalue weighted by Gasteiger charge is -2.11. The van der Waals surface area contributed by atoms with E-state index in [9.17, 15) is 18.4 Å². The smallest absolute Gasteiger partial charge is 0.262 e. The van der Waals surface area contributed by atoms with Crippen molar-refractivity contribution in [2.45, 2.75) is 6.54 Å². The van der Waals surface area contributed by atoms with Crippen LogP contribution >= 0.6 is 0 Å². The molecule has 27 heavy (non-hydrogen) atoms. The molecule has 138 valence electrons. The van der Waals surface area contributed by atoms with Gasteiger partial charge in [0.05, 0.1) is 11.1 Å². The van der Waals surface area contributed by atoms with Crippen molar-refractivity contribution in [1.82, 2.24) is 4.57 Å². The van der Waals surface area contributed by atoms with Crippen molar-refractivity contribution in [3.63, 3.8) is 0 Å². The summed E-state index contributed by atoms with van der Waals surface area (Å²) in [6, 6.07) is 9.50. The summed E-state index contributed by atoms with van der Waals surface area (Å²) in [6.45, 7) is 3.60. The zero-order valence-corrected chi connectivity index (χ0v) is 14.2. The average Bonchev–Trinajstić information content (AvgIpc) is 2.65. The Balaban J connectivity index is 1.76. The highest BCUT2D eigenvalue weighted by molar-refractivity contribution is 5.93. The zero-order valence-electron chi connectivity index (χ0n) is 14.2. The number of nitrogens with one attached hydrogen (secondary N) is 1. The van der Waals surface area contributed by atoms with Gasteiger partial charge in [-0.1, -0.05) is 12.1 Å². The average molecular weight is 370 g/mol. The molecule has 0 saturated carbocycles. The highest BCUT2D eigenvalue weighted by Crippen LogP contribution is 2.23. The molecule has 5 nitrogen and oxygen atoms in total. The number of hydrogen-bond acceptors (Lipinski definition) is 3. The van der Waals surface area contributed by atoms with Gasteiger partial charge < -0.3 is 14.6 Å². The summed E-state index contributed by atoms with van der Waals surface area (Å²) in [5.41, 5.74) is -0.342. The lowest BCUT2D eigenvalue weighted by Crippen LogP contribution is -2.21. The molecule has 1 heterocycles. The van der Waals surface area contributed by atoms with Crippen molar-refractivity contribution >= 4 is 22.4 Å². The van der Waals surface area contributed by atoms with Gasteiger partial charge in [0.1, 0.15) is 17.4 Å². The van der Waals surface area contributed by atoms with E-state index in [1.807, 2.05) is 0 Å². The summed E-state index contributed by atoms with van der Waals surface area (Å²) in [7, 11) is 0. The molecule has 1 amide bonds. The summed E-state index contributed by atoms with van der Waals surface area (Å²) >= 11 is 0. The highest BCUT2D eigenvalue weighted by atomic mass is 19.1. The van der Waals surface area contributed by atoms with E-state index < -0.39 is 24.1 Å². The molecule has 0 unspecified atom stereocenters. The van der Waals surface area contributed by atoms with Gasteiger partial charge in [0.25, 0.3) is 11.5 Å². The van der Waals surface area contributed by atoms with E-state index in [2.05, 4.69) is 11.9 Å². The number of pyridine rings is 1. The van der Waals surface area contributed by atoms with Crippen LogP contribution in [0.5, 0.6) is 5.75 Å². The number of nitrogens with zero attached hydrogens (tertiary/aromatic N) is 1. The van der Waals surface area contributed by atoms with Crippen molar-refractivity contribution in [2.75, 3.05) is 11.9 Å². The fraction of sp³-hybridized carbons (Fsp3) is 0.100. The van der Waals surface area contributed by atoms with Gasteiger partial charge in [0.2, 0.25) is 0 Å². The standard InChI is InChI=1S/C20H16F2N2O3/c1-2-9-24-10-8-14-15(20(24)26)4-3-5-18(14)27-12-19(25)23-17-7-6-13(21)11-16(17)22/h2-8,10-11H,1,9,12H2,(H,23,25). The Bertz CT molecular complexity index is 1080. The summed E-state index contributed by atoms with van der Waals surface area (Å²) in [5.74, 6) is -1.88. The van der Waals surface area contributed by atoms with E-state index in [0.717, 1.165) is 12.1 Å². The number of carbonyl (C=O) groups is 1. The maximum Gasteiger partial charge on any atom is 0.262 e. The molecule has 0 atom stereocenters. The van der Waals surface area contributed by atoms with E-state index in [4.69, 9.17) is 4.74 Å². The number of fused-ring (bicyclic) bond motifs is 1. The van der Waals surface area contributed by atoms with Gasteiger partial charge in [0.15, 0.2) is 6.61 Å². The summed E-state index contributed by atoms with van der Waals surface area (Å²) in [4.78, 5) is 24.4. The van der Waals surface area contributed by atoms with Crippen LogP contribution in [0, 0.1) is 11.6 Å². The van der Waals surface area contributed by atoms with Crippen LogP contribution in [0.25, 0.3) is 10.8 Å². The SMILES string of the molecule is C=CCn1ccc2c(OCC(=O)Nc3ccc(F)cc3F)cccc2c1=O. The minimum Gasteiger partial charge on any atom is -0.483 e. The highest BCUT2D eigenvalue weighted by Gasteiger charge is 2.11. The minimum atomic E-state index is -0.878. The number of hydrogen-bond donors (Lipinski definition) is 1. The Morgan fingerprint density at radius 1 is 1.19 bits per heavy atom. The number of ether oxygens (including phenoxy) is 1. The van der Waals surface area contributed by atoms with Crippen LogP contribution in [0.15, 0.2) is 66.1 Å². The monoisotopic (exact) mass is 370 g/mol. The molecule has 0 fully saturated rings. The summed E-state index contributed by atoms with van der Waals surface area (Å²) in [5, 5.41) is 3.32. The van der Waals surface area contributed by atoms with Crippen molar-refractivity contribution < 1.29 is 18.3 Å². The molecular weight excluding hydrogens is 354 g/mol. The third-order valence-electron chi connectivity index (χ3n) is 3.87. The predicted molar refractivity (Wildman–Crippen MR) is 98.9 cm³/mol. The first-order chi connectivity index (χ1) is 13.0. The largest absolute Gasteiger partial charge is 0.483 e. The molecule has 0 saturated heterocycles. The number of carbonyl (C=O) groups excluding carboxylic acids is 1. The second kappa shape index (κ2) is 7.82. The van der Waals surface area contributed by atoms with Gasteiger partial charge in [-0.2, -0.15) is 0 Å². The molecular formula is C20H16F2N2O3. The Morgan fingerprint density at radius 3 is 2.74 bits per heavy atom. The molecule has 0 bridgehead atoms. The number of allylic oxidation sites excluding steroid dienone is 1. The van der Waals surface area contributed by atoms with Crippen LogP contribution in [-0.2, 0) is 11.3 Å². The van der Waals surface area contributed by atoms with Gasteiger partial charge in [-0.3, -0.25) is 9.59 Å². The number of benzene rings is 2. The molecule has 1 N–H and O–H groups in total. The molecule has 7 heteroatoms. The first-order valence-electron chi connectivity index (χ1n) is 8.10. The maximum atomic E-state index is 13.6. The lowest BCUT2D eigenvalue weighted by molar-refractivity contribution is -0.118. The number of rotatable bonds is 6. The van der Waals surface area contributed by atoms with E-state index in [1.165, 1.54) is 4.57 Å². The molecule has 1 aromatic heterocycles. The Morgan fingerprint density at radius 2 is 2.00 bits per heavy atom. The van der Waals surface area contributed by atoms with Crippen LogP contribution in [0.1, 0.15) is 0 Å². The Labute approximate surface area is 153 Å². The van der Waals surface area contributed by atoms with E-state index in [-0.39, 0.29) is 11.2 Å². The molecule has 0 radical (unpaired) electrons. The molecule has 3 rings (SSSR count). The normalized spacial score (nSPS) is 10.6. The fourth-order valence-electron chi connectivity index (χ4n) is 2.62. The van der Waals surface area contributed by atoms with Crippen LogP contribution in [0.2, 0.25) is 0 Å². The summed E-state index contributed by atoms with van der Waals surface area (Å²) in [6.07, 6.45) is 3.24. The molecule has 0 aliphatic rings. The van der Waals surface area contributed by atoms with Gasteiger partial charge in [-0.15, -0.1) is 6.58 Å². The molecule has 0 aliphatic carbocycles. The first kappa shape index (κ1) is 18.3. The Kier molecular flexibility index (Phi) is 5.30. The summed E-state index contributed by atoms with van der Waals surface area (Å²) < 4.78 is 33.5. The third-order valence-corrected chi connectivity index (χ3v) is 3.87. The van der Waals surface area contributed by atoms with Crippen LogP contribution in [0.3, 0.4) is 0 Å². The van der Waals surface area contributed by atoms with E-state index >= 15 is 0 Å². The van der Waals surface area contributed by atoms with Crippen molar-refractivity contribution in [2.24, 2.45) is 0 Å². The number of aromatic nitrogens is 1. The first-order valence-corrected chi connectivity index (χ1v) is 8.10. The van der Waals surface area contributed by atoms with Gasteiger partial charge in [0, 0.05) is 24.2 Å². The predicted octanol–water partition coefficient (Wildman–Crippen LogP) is 3.48. The van der Waals surface area contributed by atoms with E-state index in [0.29, 0.717) is 29.1 Å². The number of halogens is 2. The van der Waals surface area contributed by atoms with Gasteiger partial charge >= 0.3 is 0 Å². The fourth-order valence-corrected chi connectivity index (χ4v) is 2.62. The number of anilines is 1. The molecule has 0 spiro atoms. The third kappa shape index (κ3) is 4.03. The van der Waals surface area contributed by atoms with Crippen molar-refractivity contribution in [3.8, 4) is 5.75 Å². The van der Waals surface area contributed by atoms with Crippen molar-refractivity contribution in [3.05, 3.63) is 83.3 Å². The molecule has 0 aliphatic heterocycles. The minimum absolute atomic E-state index is 0.143. The van der Waals surface area contributed by atoms with Crippen LogP contribution < -0.4 is 15.6 Å². The quantitative estimate of drug-likeness (QED) is 0.676. The van der Waals surface area contributed by atoms with Crippen LogP contribution in [-0.4, -0.2) is 17.1 Å². The second-order valence-corrected chi connectivity index (χ2v) is 5.74. The topological polar surface area (TPSA) is 60.3 Å². The zero-order chi connectivity index (χ0) is 19.4. The van der Waals surface area contributed by atoms with Crippen molar-refractivity contribution in [1.29, 1.82) is 0 Å². The number of amides is 1.